The molecule has 1 aliphatic heterocycles. The van der Waals surface area contributed by atoms with Crippen molar-refractivity contribution in [1.82, 2.24) is 9.88 Å². The van der Waals surface area contributed by atoms with Gasteiger partial charge in [-0.15, -0.1) is 0 Å². The number of aliphatic hydroxyl groups excluding tert-OH is 1. The molecule has 1 aromatic heterocycles. The highest BCUT2D eigenvalue weighted by Gasteiger charge is 2.47. The van der Waals surface area contributed by atoms with E-state index in [0.717, 1.165) is 10.9 Å². The molecule has 166 valence electrons. The number of carbonyl (C=O) groups excluding carboxylic acids is 2. The van der Waals surface area contributed by atoms with Gasteiger partial charge in [0.25, 0.3) is 11.7 Å². The van der Waals surface area contributed by atoms with Crippen LogP contribution in [0.4, 0.5) is 0 Å². The Hall–Kier alpha value is -3.58. The molecule has 1 unspecified atom stereocenters. The Labute approximate surface area is 186 Å². The molecule has 4 rings (SSSR count). The number of nitrogens with zero attached hydrogens (tertiary/aromatic N) is 1. The summed E-state index contributed by atoms with van der Waals surface area (Å²) >= 11 is 0. The van der Waals surface area contributed by atoms with Crippen LogP contribution in [0.15, 0.2) is 60.3 Å². The van der Waals surface area contributed by atoms with Gasteiger partial charge in [-0.25, -0.2) is 0 Å². The number of carbonyl (C=O) groups is 2. The lowest BCUT2D eigenvalue weighted by Gasteiger charge is -2.26. The molecule has 0 bridgehead atoms. The summed E-state index contributed by atoms with van der Waals surface area (Å²) in [5.41, 5.74) is 1.95. The number of amides is 1. The van der Waals surface area contributed by atoms with Gasteiger partial charge in [-0.2, -0.15) is 0 Å². The largest absolute Gasteiger partial charge is 0.507 e. The first-order valence-corrected chi connectivity index (χ1v) is 10.5. The number of rotatable bonds is 7. The molecule has 1 amide bonds. The van der Waals surface area contributed by atoms with Crippen LogP contribution in [0.3, 0.4) is 0 Å². The van der Waals surface area contributed by atoms with Gasteiger partial charge in [0.05, 0.1) is 31.4 Å². The molecule has 7 heteroatoms. The van der Waals surface area contributed by atoms with E-state index in [1.54, 1.807) is 18.3 Å². The summed E-state index contributed by atoms with van der Waals surface area (Å²) in [6.45, 7) is 4.28. The van der Waals surface area contributed by atoms with Crippen molar-refractivity contribution in [2.24, 2.45) is 0 Å². The molecule has 7 nitrogen and oxygen atoms in total. The number of aliphatic hydroxyl groups is 1. The molecule has 0 saturated carbocycles. The van der Waals surface area contributed by atoms with Gasteiger partial charge in [0, 0.05) is 34.8 Å². The van der Waals surface area contributed by atoms with Gasteiger partial charge < -0.3 is 24.5 Å². The van der Waals surface area contributed by atoms with Crippen LogP contribution in [-0.4, -0.2) is 53.0 Å². The molecule has 1 aliphatic rings. The van der Waals surface area contributed by atoms with Gasteiger partial charge in [-0.05, 0) is 26.0 Å². The second-order valence-corrected chi connectivity index (χ2v) is 7.90. The predicted molar refractivity (Wildman–Crippen MR) is 121 cm³/mol. The smallest absolute Gasteiger partial charge is 0.295 e. The molecule has 32 heavy (non-hydrogen) atoms. The van der Waals surface area contributed by atoms with Crippen molar-refractivity contribution in [3.8, 4) is 5.75 Å². The maximum absolute atomic E-state index is 13.2. The van der Waals surface area contributed by atoms with Gasteiger partial charge in [0.2, 0.25) is 0 Å². The summed E-state index contributed by atoms with van der Waals surface area (Å²) < 4.78 is 11.2. The van der Waals surface area contributed by atoms with Crippen LogP contribution in [0.1, 0.15) is 31.0 Å². The van der Waals surface area contributed by atoms with Crippen molar-refractivity contribution in [3.63, 3.8) is 0 Å². The Morgan fingerprint density at radius 1 is 1.12 bits per heavy atom. The average Bonchev–Trinajstić information content (AvgIpc) is 3.33. The lowest BCUT2D eigenvalue weighted by Crippen LogP contribution is -2.33. The topological polar surface area (TPSA) is 91.9 Å². The summed E-state index contributed by atoms with van der Waals surface area (Å²) in [6, 6.07) is 13.9. The van der Waals surface area contributed by atoms with E-state index in [1.807, 2.05) is 50.2 Å². The first-order chi connectivity index (χ1) is 15.4. The van der Waals surface area contributed by atoms with Crippen molar-refractivity contribution >= 4 is 28.4 Å². The van der Waals surface area contributed by atoms with Gasteiger partial charge >= 0.3 is 0 Å². The molecular formula is C25H26N2O5. The maximum atomic E-state index is 13.2. The molecule has 0 radical (unpaired) electrons. The summed E-state index contributed by atoms with van der Waals surface area (Å²) in [7, 11) is 1.53. The van der Waals surface area contributed by atoms with Crippen LogP contribution < -0.4 is 4.74 Å². The number of Topliss-reactive ketones (excluding diaryl/α,β-unsaturated/α-hetero) is 1. The molecule has 2 heterocycles. The number of methoxy groups -OCH3 is 1. The second-order valence-electron chi connectivity index (χ2n) is 7.90. The molecule has 0 aliphatic carbocycles. The molecule has 1 atom stereocenters. The third-order valence-electron chi connectivity index (χ3n) is 5.60. The van der Waals surface area contributed by atoms with Crippen LogP contribution in [-0.2, 0) is 14.3 Å². The van der Waals surface area contributed by atoms with Crippen LogP contribution >= 0.6 is 0 Å². The Morgan fingerprint density at radius 3 is 2.59 bits per heavy atom. The molecule has 2 N–H and O–H groups in total. The fourth-order valence-corrected chi connectivity index (χ4v) is 4.13. The zero-order valence-corrected chi connectivity index (χ0v) is 18.3. The fraction of sp³-hybridized carbons (Fsp3) is 0.280. The zero-order chi connectivity index (χ0) is 22.8. The number of H-pyrrole nitrogens is 1. The van der Waals surface area contributed by atoms with Crippen LogP contribution in [0.5, 0.6) is 5.75 Å². The van der Waals surface area contributed by atoms with Gasteiger partial charge in [0.1, 0.15) is 11.5 Å². The van der Waals surface area contributed by atoms with Crippen LogP contribution in [0, 0.1) is 0 Å². The van der Waals surface area contributed by atoms with E-state index in [1.165, 1.54) is 12.0 Å². The number of aromatic nitrogens is 1. The van der Waals surface area contributed by atoms with E-state index in [4.69, 9.17) is 9.47 Å². The quantitative estimate of drug-likeness (QED) is 0.333. The highest BCUT2D eigenvalue weighted by atomic mass is 16.5. The third-order valence-corrected chi connectivity index (χ3v) is 5.60. The van der Waals surface area contributed by atoms with Crippen molar-refractivity contribution in [2.45, 2.75) is 26.0 Å². The van der Waals surface area contributed by atoms with Gasteiger partial charge in [-0.1, -0.05) is 36.4 Å². The van der Waals surface area contributed by atoms with Crippen molar-refractivity contribution in [3.05, 3.63) is 71.4 Å². The predicted octanol–water partition coefficient (Wildman–Crippen LogP) is 4.02. The minimum atomic E-state index is -0.796. The van der Waals surface area contributed by atoms with E-state index in [9.17, 15) is 14.7 Å². The summed E-state index contributed by atoms with van der Waals surface area (Å²) in [5.74, 6) is -1.09. The lowest BCUT2D eigenvalue weighted by molar-refractivity contribution is -0.140. The lowest BCUT2D eigenvalue weighted by atomic mass is 9.94. The van der Waals surface area contributed by atoms with Crippen LogP contribution in [0.25, 0.3) is 16.7 Å². The highest BCUT2D eigenvalue weighted by molar-refractivity contribution is 6.46. The molecule has 2 aromatic carbocycles. The Bertz CT molecular complexity index is 1190. The number of hydrogen-bond acceptors (Lipinski definition) is 5. The van der Waals surface area contributed by atoms with Gasteiger partial charge in [0.15, 0.2) is 0 Å². The SMILES string of the molecule is COc1ccccc1C1/C(=C(\O)c2c[nH]c3ccccc23)C(=O)C(=O)N1CCOC(C)C. The first kappa shape index (κ1) is 21.6. The van der Waals surface area contributed by atoms with Crippen LogP contribution in [0.2, 0.25) is 0 Å². The van der Waals surface area contributed by atoms with E-state index in [2.05, 4.69) is 4.98 Å². The average molecular weight is 434 g/mol. The molecule has 0 spiro atoms. The van der Waals surface area contributed by atoms with E-state index < -0.39 is 17.7 Å². The Morgan fingerprint density at radius 2 is 1.84 bits per heavy atom. The highest BCUT2D eigenvalue weighted by Crippen LogP contribution is 2.43. The number of aromatic amines is 1. The molecule has 3 aromatic rings. The number of ketones is 1. The first-order valence-electron chi connectivity index (χ1n) is 10.5. The standard InChI is InChI=1S/C25H26N2O5/c1-15(2)32-13-12-27-22(17-9-5-7-11-20(17)31-3)21(24(29)25(27)30)23(28)18-14-26-19-10-6-4-8-16(18)19/h4-11,14-15,22,26,28H,12-13H2,1-3H3/b23-21+. The minimum Gasteiger partial charge on any atom is -0.507 e. The third kappa shape index (κ3) is 3.76. The maximum Gasteiger partial charge on any atom is 0.295 e. The zero-order valence-electron chi connectivity index (χ0n) is 18.3. The van der Waals surface area contributed by atoms with E-state index in [0.29, 0.717) is 16.9 Å². The number of hydrogen-bond donors (Lipinski definition) is 2. The molecule has 1 fully saturated rings. The summed E-state index contributed by atoms with van der Waals surface area (Å²) in [4.78, 5) is 30.8. The number of ether oxygens (including phenoxy) is 2. The summed E-state index contributed by atoms with van der Waals surface area (Å²) in [5, 5.41) is 12.1. The number of benzene rings is 2. The minimum absolute atomic E-state index is 0.0113. The van der Waals surface area contributed by atoms with E-state index >= 15 is 0 Å². The van der Waals surface area contributed by atoms with Gasteiger partial charge in [-0.3, -0.25) is 9.59 Å². The number of likely N-dealkylation sites (tertiary alicyclic amines) is 1. The second kappa shape index (κ2) is 8.88. The molecular weight excluding hydrogens is 408 g/mol. The Kier molecular flexibility index (Phi) is 6.01. The van der Waals surface area contributed by atoms with E-state index in [-0.39, 0.29) is 30.6 Å². The van der Waals surface area contributed by atoms with Crippen molar-refractivity contribution < 1.29 is 24.2 Å². The van der Waals surface area contributed by atoms with Crippen molar-refractivity contribution in [2.75, 3.05) is 20.3 Å². The number of nitrogens with one attached hydrogen (secondary N) is 1. The molecule has 1 saturated heterocycles. The number of fused-ring (bicyclic) bond motifs is 1. The number of para-hydroxylation sites is 2. The Balaban J connectivity index is 1.88. The van der Waals surface area contributed by atoms with Crippen molar-refractivity contribution in [1.29, 1.82) is 0 Å². The normalized spacial score (nSPS) is 18.1. The monoisotopic (exact) mass is 434 g/mol. The fourth-order valence-electron chi connectivity index (χ4n) is 4.13. The summed E-state index contributed by atoms with van der Waals surface area (Å²) in [6.07, 6.45) is 1.64.